The first-order chi connectivity index (χ1) is 32.0. The van der Waals surface area contributed by atoms with Crippen LogP contribution in [-0.2, 0) is 47.7 Å². The topological polar surface area (TPSA) is 190 Å². The average molecular weight is 941 g/mol. The van der Waals surface area contributed by atoms with Crippen molar-refractivity contribution in [3.8, 4) is 0 Å². The second-order valence-corrected chi connectivity index (χ2v) is 26.3. The summed E-state index contributed by atoms with van der Waals surface area (Å²) < 4.78 is 33.0. The number of hydrogen-bond acceptors (Lipinski definition) is 13. The highest BCUT2D eigenvalue weighted by atomic mass is 16.7. The molecule has 68 heavy (non-hydrogen) atoms. The molecule has 1 aromatic heterocycles. The predicted octanol–water partition coefficient (Wildman–Crippen LogP) is 5.65. The molecule has 12 aliphatic rings. The molecule has 4 saturated carbocycles. The first kappa shape index (κ1) is 45.7. The predicted molar refractivity (Wildman–Crippen MR) is 246 cm³/mol. The van der Waals surface area contributed by atoms with Gasteiger partial charge in [0.1, 0.15) is 35.8 Å². The van der Waals surface area contributed by atoms with Crippen LogP contribution >= 0.6 is 0 Å². The molecule has 4 aliphatic heterocycles. The number of aromatic nitrogens is 2. The number of ether oxygens (including phenoxy) is 5. The standard InChI is InChI=1S/C55H76N2O11/c1-26-32-14-15-33-30-13-11-29-17-38-45(46(64-9)50(29,7)35(30)19-41(60)52(32,33)25-65-54(26)42(61)22-47(3,4)67-54)57-37-16-28-10-12-31-34(49(28,6)21-39(37)56-38)18-40(59)51(8)36(31)20-44-53(51,63)27(2)55(66-44)43(62)23-48(5,24-58)68-55/h15,20,26-32,34-35,40,42-44,46,58-59,61-63H,10-14,16-19,21-25H2,1-9H3/t26-,27+,28+,29+,30+,31-,32-,34+,35+,40-,42-,43-,44+,46+,48+,49+,50+,51-,52-,53-,54-,55+/m1/s1. The van der Waals surface area contributed by atoms with Gasteiger partial charge in [0.15, 0.2) is 5.79 Å². The molecular weight excluding hydrogens is 865 g/mol. The van der Waals surface area contributed by atoms with Crippen molar-refractivity contribution in [1.29, 1.82) is 0 Å². The van der Waals surface area contributed by atoms with Crippen molar-refractivity contribution >= 4 is 5.78 Å². The largest absolute Gasteiger partial charge is 0.393 e. The number of carbonyl (C=O) groups excluding carboxylic acids is 1. The Labute approximate surface area is 401 Å². The summed E-state index contributed by atoms with van der Waals surface area (Å²) in [6.45, 7) is 16.6. The summed E-state index contributed by atoms with van der Waals surface area (Å²) in [6, 6.07) is 0. The van der Waals surface area contributed by atoms with Crippen LogP contribution in [0.4, 0.5) is 0 Å². The molecule has 3 spiro atoms. The zero-order chi connectivity index (χ0) is 47.9. The number of Topliss-reactive ketones (excluding diaryl/α,β-unsaturated/α-hetero) is 1. The van der Waals surface area contributed by atoms with E-state index in [0.29, 0.717) is 25.2 Å². The molecule has 13 nitrogen and oxygen atoms in total. The van der Waals surface area contributed by atoms with Crippen molar-refractivity contribution in [3.05, 3.63) is 46.1 Å². The molecule has 0 radical (unpaired) electrons. The Morgan fingerprint density at radius 1 is 0.794 bits per heavy atom. The van der Waals surface area contributed by atoms with Gasteiger partial charge in [-0.3, -0.25) is 14.8 Å². The number of methoxy groups -OCH3 is 1. The van der Waals surface area contributed by atoms with Gasteiger partial charge < -0.3 is 49.2 Å². The lowest BCUT2D eigenvalue weighted by Crippen LogP contribution is -2.65. The first-order valence-electron chi connectivity index (χ1n) is 26.5. The van der Waals surface area contributed by atoms with Crippen molar-refractivity contribution in [1.82, 2.24) is 9.97 Å². The fourth-order valence-corrected chi connectivity index (χ4v) is 19.7. The van der Waals surface area contributed by atoms with Gasteiger partial charge in [0, 0.05) is 49.0 Å². The summed E-state index contributed by atoms with van der Waals surface area (Å²) in [5, 5.41) is 58.4. The fourth-order valence-electron chi connectivity index (χ4n) is 19.7. The van der Waals surface area contributed by atoms with Gasteiger partial charge in [0.05, 0.1) is 58.7 Å². The Balaban J connectivity index is 0.784. The van der Waals surface area contributed by atoms with Crippen LogP contribution in [0.3, 0.4) is 0 Å². The van der Waals surface area contributed by atoms with Crippen LogP contribution in [0, 0.1) is 74.9 Å². The number of hydrogen-bond donors (Lipinski definition) is 5. The lowest BCUT2D eigenvalue weighted by atomic mass is 9.44. The second-order valence-electron chi connectivity index (χ2n) is 26.3. The van der Waals surface area contributed by atoms with Crippen LogP contribution in [0.1, 0.15) is 142 Å². The van der Waals surface area contributed by atoms with E-state index >= 15 is 4.79 Å². The molecule has 5 heterocycles. The molecule has 0 amide bonds. The van der Waals surface area contributed by atoms with Crippen LogP contribution in [0.15, 0.2) is 23.3 Å². The molecule has 1 aromatic rings. The van der Waals surface area contributed by atoms with Gasteiger partial charge in [0.2, 0.25) is 5.79 Å². The second kappa shape index (κ2) is 13.9. The summed E-state index contributed by atoms with van der Waals surface area (Å²) in [5.41, 5.74) is 1.26. The third-order valence-electron chi connectivity index (χ3n) is 23.2. The Hall–Kier alpha value is -2.17. The van der Waals surface area contributed by atoms with Gasteiger partial charge in [-0.15, -0.1) is 0 Å². The third kappa shape index (κ3) is 5.12. The van der Waals surface area contributed by atoms with Crippen LogP contribution in [0.25, 0.3) is 0 Å². The van der Waals surface area contributed by atoms with Crippen molar-refractivity contribution in [2.24, 2.45) is 74.9 Å². The van der Waals surface area contributed by atoms with Crippen molar-refractivity contribution in [2.75, 3.05) is 20.3 Å². The van der Waals surface area contributed by atoms with Crippen LogP contribution in [0.2, 0.25) is 0 Å². The minimum absolute atomic E-state index is 0.0246. The number of carbonyl (C=O) groups is 1. The molecule has 0 unspecified atom stereocenters. The molecule has 372 valence electrons. The number of rotatable bonds is 2. The van der Waals surface area contributed by atoms with Crippen molar-refractivity contribution < 1.29 is 54.0 Å². The number of allylic oxidation sites excluding steroid dienone is 1. The molecular formula is C55H76N2O11. The van der Waals surface area contributed by atoms with Gasteiger partial charge >= 0.3 is 0 Å². The maximum Gasteiger partial charge on any atom is 0.201 e. The third-order valence-corrected chi connectivity index (χ3v) is 23.2. The maximum absolute atomic E-state index is 15.1. The van der Waals surface area contributed by atoms with Crippen LogP contribution in [-0.4, -0.2) is 114 Å². The van der Waals surface area contributed by atoms with Gasteiger partial charge in [-0.05, 0) is 125 Å². The summed E-state index contributed by atoms with van der Waals surface area (Å²) >= 11 is 0. The van der Waals surface area contributed by atoms with Gasteiger partial charge in [-0.25, -0.2) is 0 Å². The Morgan fingerprint density at radius 2 is 1.50 bits per heavy atom. The van der Waals surface area contributed by atoms with Crippen molar-refractivity contribution in [2.45, 2.75) is 191 Å². The smallest absolute Gasteiger partial charge is 0.201 e. The van der Waals surface area contributed by atoms with Crippen LogP contribution < -0.4 is 0 Å². The normalized spacial score (nSPS) is 56.6. The van der Waals surface area contributed by atoms with E-state index in [9.17, 15) is 25.5 Å². The molecule has 0 aromatic carbocycles. The zero-order valence-corrected chi connectivity index (χ0v) is 41.7. The van der Waals surface area contributed by atoms with E-state index in [1.54, 1.807) is 6.92 Å². The van der Waals surface area contributed by atoms with Gasteiger partial charge in [-0.1, -0.05) is 57.9 Å². The number of aliphatic hydroxyl groups is 5. The van der Waals surface area contributed by atoms with Crippen LogP contribution in [0.5, 0.6) is 0 Å². The monoisotopic (exact) mass is 941 g/mol. The number of nitrogens with zero attached hydrogens (tertiary/aromatic N) is 2. The average Bonchev–Trinajstić information content (AvgIpc) is 4.01. The number of ketones is 1. The molecule has 5 N–H and O–H groups in total. The molecule has 13 heteroatoms. The summed E-state index contributed by atoms with van der Waals surface area (Å²) in [7, 11) is 1.82. The zero-order valence-electron chi connectivity index (χ0n) is 41.7. The molecule has 8 aliphatic carbocycles. The molecule has 4 saturated heterocycles. The number of aliphatic hydroxyl groups excluding tert-OH is 4. The van der Waals surface area contributed by atoms with E-state index in [4.69, 9.17) is 33.7 Å². The Morgan fingerprint density at radius 3 is 2.19 bits per heavy atom. The van der Waals surface area contributed by atoms with E-state index in [0.717, 1.165) is 79.7 Å². The maximum atomic E-state index is 15.1. The molecule has 0 bridgehead atoms. The number of fused-ring (bicyclic) bond motifs is 13. The van der Waals surface area contributed by atoms with Gasteiger partial charge in [0.25, 0.3) is 0 Å². The summed E-state index contributed by atoms with van der Waals surface area (Å²) in [4.78, 5) is 26.3. The summed E-state index contributed by atoms with van der Waals surface area (Å²) in [6.07, 6.45) is 9.58. The molecule has 22 atom stereocenters. The lowest BCUT2D eigenvalue weighted by Gasteiger charge is -2.62. The quantitative estimate of drug-likeness (QED) is 0.229. The lowest BCUT2D eigenvalue weighted by molar-refractivity contribution is -0.336. The minimum atomic E-state index is -1.51. The molecule has 8 fully saturated rings. The van der Waals surface area contributed by atoms with Gasteiger partial charge in [-0.2, -0.15) is 0 Å². The Bertz CT molecular complexity index is 2440. The van der Waals surface area contributed by atoms with E-state index < -0.39 is 69.5 Å². The first-order valence-corrected chi connectivity index (χ1v) is 26.5. The van der Waals surface area contributed by atoms with E-state index in [1.165, 1.54) is 5.57 Å². The highest BCUT2D eigenvalue weighted by Gasteiger charge is 2.79. The minimum Gasteiger partial charge on any atom is -0.393 e. The molecule has 13 rings (SSSR count). The van der Waals surface area contributed by atoms with E-state index in [1.807, 2.05) is 34.8 Å². The SMILES string of the molecule is CO[C@H]1c2nc3c(nc2C[C@@H]2CC[C@H]4C5=CC[C@@H]6[C@@H](C)[C@@]7(OC[C@]56C(=O)C[C@@H]4[C@]21C)OC(C)(C)C[C@H]7O)C[C@@]1(C)[C@@H](CC[C@H]2C4=C[C@@H]5O[C@]6(O[C@](C)(CO)C[C@H]6O)[C@@H](C)[C@]5(O)[C@@]4(C)[C@H](O)C[C@@H]21)C3. The highest BCUT2D eigenvalue weighted by Crippen LogP contribution is 2.73. The van der Waals surface area contributed by atoms with E-state index in [2.05, 4.69) is 32.9 Å². The highest BCUT2D eigenvalue weighted by molar-refractivity contribution is 5.91. The summed E-state index contributed by atoms with van der Waals surface area (Å²) in [5.74, 6) is -1.85. The van der Waals surface area contributed by atoms with E-state index in [-0.39, 0.29) is 83.8 Å². The van der Waals surface area contributed by atoms with Crippen molar-refractivity contribution in [3.63, 3.8) is 0 Å². The fraction of sp³-hybridized carbons (Fsp3) is 0.836. The Kier molecular flexibility index (Phi) is 9.34.